The molecule has 0 radical (unpaired) electrons. The Kier molecular flexibility index (Phi) is 5.19. The van der Waals surface area contributed by atoms with Crippen LogP contribution in [-0.2, 0) is 4.79 Å². The first kappa shape index (κ1) is 17.0. The fourth-order valence-electron chi connectivity index (χ4n) is 2.97. The Morgan fingerprint density at radius 1 is 1.50 bits per heavy atom. The number of rotatable bonds is 7. The summed E-state index contributed by atoms with van der Waals surface area (Å²) in [6, 6.07) is 3.75. The molecule has 0 spiro atoms. The van der Waals surface area contributed by atoms with Gasteiger partial charge in [-0.05, 0) is 43.2 Å². The van der Waals surface area contributed by atoms with Crippen LogP contribution in [-0.4, -0.2) is 27.2 Å². The zero-order valence-corrected chi connectivity index (χ0v) is 14.9. The number of pyridine rings is 1. The highest BCUT2D eigenvalue weighted by molar-refractivity contribution is 6.32. The first-order chi connectivity index (χ1) is 11.6. The Labute approximate surface area is 147 Å². The summed E-state index contributed by atoms with van der Waals surface area (Å²) in [6.07, 6.45) is 9.19. The first-order valence-electron chi connectivity index (χ1n) is 8.56. The van der Waals surface area contributed by atoms with E-state index in [0.717, 1.165) is 12.1 Å². The smallest absolute Gasteiger partial charge is 0.227 e. The number of carbonyl (C=O) groups is 1. The zero-order chi connectivity index (χ0) is 17.1. The van der Waals surface area contributed by atoms with Crippen LogP contribution in [0.4, 0.5) is 5.69 Å². The summed E-state index contributed by atoms with van der Waals surface area (Å²) in [5.41, 5.74) is 1.50. The average molecular weight is 347 g/mol. The van der Waals surface area contributed by atoms with Crippen molar-refractivity contribution in [1.29, 1.82) is 0 Å². The number of nitrogens with zero attached hydrogens (tertiary/aromatic N) is 4. The Bertz CT molecular complexity index is 696. The van der Waals surface area contributed by atoms with E-state index in [0.29, 0.717) is 35.6 Å². The highest BCUT2D eigenvalue weighted by atomic mass is 35.5. The van der Waals surface area contributed by atoms with E-state index >= 15 is 0 Å². The molecule has 0 bridgehead atoms. The van der Waals surface area contributed by atoms with Crippen molar-refractivity contribution in [1.82, 2.24) is 14.8 Å². The van der Waals surface area contributed by atoms with E-state index in [1.54, 1.807) is 22.0 Å². The van der Waals surface area contributed by atoms with Crippen molar-refractivity contribution in [2.24, 2.45) is 11.8 Å². The van der Waals surface area contributed by atoms with E-state index in [2.05, 4.69) is 23.9 Å². The largest absolute Gasteiger partial charge is 0.308 e. The SMILES string of the molecule is CCCN(C(=O)CC(C)C1CC1)c1cn(-c2cccnc2)nc1Cl. The summed E-state index contributed by atoms with van der Waals surface area (Å²) < 4.78 is 1.67. The molecule has 2 heterocycles. The first-order valence-corrected chi connectivity index (χ1v) is 8.94. The molecular weight excluding hydrogens is 324 g/mol. The van der Waals surface area contributed by atoms with Crippen molar-refractivity contribution in [2.45, 2.75) is 39.5 Å². The van der Waals surface area contributed by atoms with Gasteiger partial charge in [-0.25, -0.2) is 4.68 Å². The lowest BCUT2D eigenvalue weighted by atomic mass is 10.0. The van der Waals surface area contributed by atoms with Crippen LogP contribution in [0, 0.1) is 11.8 Å². The van der Waals surface area contributed by atoms with Gasteiger partial charge in [-0.2, -0.15) is 5.10 Å². The fraction of sp³-hybridized carbons (Fsp3) is 0.500. The van der Waals surface area contributed by atoms with Crippen LogP contribution in [0.1, 0.15) is 39.5 Å². The van der Waals surface area contributed by atoms with Gasteiger partial charge in [-0.1, -0.05) is 25.4 Å². The molecule has 1 saturated carbocycles. The molecule has 1 amide bonds. The van der Waals surface area contributed by atoms with Crippen molar-refractivity contribution in [3.05, 3.63) is 35.9 Å². The molecule has 2 aromatic rings. The summed E-state index contributed by atoms with van der Waals surface area (Å²) >= 11 is 6.33. The molecule has 1 aliphatic carbocycles. The van der Waals surface area contributed by atoms with Crippen LogP contribution in [0.15, 0.2) is 30.7 Å². The predicted octanol–water partition coefficient (Wildman–Crippen LogP) is 4.10. The second-order valence-corrected chi connectivity index (χ2v) is 6.88. The molecule has 1 aliphatic rings. The Balaban J connectivity index is 1.82. The quantitative estimate of drug-likeness (QED) is 0.758. The summed E-state index contributed by atoms with van der Waals surface area (Å²) in [6.45, 7) is 4.87. The van der Waals surface area contributed by atoms with Gasteiger partial charge in [0.1, 0.15) is 5.69 Å². The molecule has 1 fully saturated rings. The molecule has 1 atom stereocenters. The fourth-order valence-corrected chi connectivity index (χ4v) is 3.20. The number of hydrogen-bond donors (Lipinski definition) is 0. The molecule has 3 rings (SSSR count). The standard InChI is InChI=1S/C18H23ClN4O/c1-3-9-22(17(24)10-13(2)14-6-7-14)16-12-23(21-18(16)19)15-5-4-8-20-11-15/h4-5,8,11-14H,3,6-7,9-10H2,1-2H3. The monoisotopic (exact) mass is 346 g/mol. The highest BCUT2D eigenvalue weighted by Gasteiger charge is 2.31. The van der Waals surface area contributed by atoms with E-state index in [1.165, 1.54) is 12.8 Å². The van der Waals surface area contributed by atoms with Crippen LogP contribution in [0.25, 0.3) is 5.69 Å². The predicted molar refractivity (Wildman–Crippen MR) is 95.5 cm³/mol. The molecule has 128 valence electrons. The molecule has 0 saturated heterocycles. The summed E-state index contributed by atoms with van der Waals surface area (Å²) in [5, 5.41) is 4.69. The number of halogens is 1. The van der Waals surface area contributed by atoms with Crippen LogP contribution >= 0.6 is 11.6 Å². The van der Waals surface area contributed by atoms with Crippen molar-refractivity contribution in [2.75, 3.05) is 11.4 Å². The Morgan fingerprint density at radius 2 is 2.29 bits per heavy atom. The number of aromatic nitrogens is 3. The molecule has 2 aromatic heterocycles. The molecule has 5 nitrogen and oxygen atoms in total. The number of anilines is 1. The maximum Gasteiger partial charge on any atom is 0.227 e. The summed E-state index contributed by atoms with van der Waals surface area (Å²) in [5.74, 6) is 1.28. The Hall–Kier alpha value is -1.88. The lowest BCUT2D eigenvalue weighted by Gasteiger charge is -2.22. The van der Waals surface area contributed by atoms with Gasteiger partial charge >= 0.3 is 0 Å². The topological polar surface area (TPSA) is 51.0 Å². The second-order valence-electron chi connectivity index (χ2n) is 6.53. The Morgan fingerprint density at radius 3 is 2.92 bits per heavy atom. The van der Waals surface area contributed by atoms with E-state index < -0.39 is 0 Å². The van der Waals surface area contributed by atoms with Gasteiger partial charge in [0.15, 0.2) is 5.15 Å². The normalized spacial score (nSPS) is 15.3. The third kappa shape index (κ3) is 3.78. The van der Waals surface area contributed by atoms with Crippen LogP contribution in [0.5, 0.6) is 0 Å². The molecule has 24 heavy (non-hydrogen) atoms. The van der Waals surface area contributed by atoms with Crippen molar-refractivity contribution >= 4 is 23.2 Å². The molecule has 6 heteroatoms. The minimum Gasteiger partial charge on any atom is -0.308 e. The molecule has 1 unspecified atom stereocenters. The molecule has 0 aliphatic heterocycles. The lowest BCUT2D eigenvalue weighted by molar-refractivity contribution is -0.119. The van der Waals surface area contributed by atoms with E-state index in [1.807, 2.05) is 18.3 Å². The van der Waals surface area contributed by atoms with Gasteiger partial charge in [0.2, 0.25) is 5.91 Å². The second kappa shape index (κ2) is 7.34. The highest BCUT2D eigenvalue weighted by Crippen LogP contribution is 2.39. The third-order valence-corrected chi connectivity index (χ3v) is 4.79. The van der Waals surface area contributed by atoms with Gasteiger partial charge in [0, 0.05) is 19.2 Å². The molecular formula is C18H23ClN4O. The minimum atomic E-state index is 0.129. The number of hydrogen-bond acceptors (Lipinski definition) is 3. The van der Waals surface area contributed by atoms with Crippen molar-refractivity contribution in [3.8, 4) is 5.69 Å². The van der Waals surface area contributed by atoms with Gasteiger partial charge < -0.3 is 4.90 Å². The van der Waals surface area contributed by atoms with Crippen LogP contribution in [0.2, 0.25) is 5.15 Å². The van der Waals surface area contributed by atoms with E-state index in [9.17, 15) is 4.79 Å². The summed E-state index contributed by atoms with van der Waals surface area (Å²) in [7, 11) is 0. The van der Waals surface area contributed by atoms with Crippen molar-refractivity contribution in [3.63, 3.8) is 0 Å². The zero-order valence-electron chi connectivity index (χ0n) is 14.2. The van der Waals surface area contributed by atoms with Gasteiger partial charge in [-0.3, -0.25) is 9.78 Å². The van der Waals surface area contributed by atoms with E-state index in [4.69, 9.17) is 11.6 Å². The van der Waals surface area contributed by atoms with Gasteiger partial charge in [-0.15, -0.1) is 0 Å². The number of amides is 1. The van der Waals surface area contributed by atoms with Crippen molar-refractivity contribution < 1.29 is 4.79 Å². The third-order valence-electron chi connectivity index (χ3n) is 4.52. The summed E-state index contributed by atoms with van der Waals surface area (Å²) in [4.78, 5) is 18.7. The maximum atomic E-state index is 12.8. The molecule has 0 N–H and O–H groups in total. The van der Waals surface area contributed by atoms with Gasteiger partial charge in [0.05, 0.1) is 18.1 Å². The van der Waals surface area contributed by atoms with Crippen LogP contribution < -0.4 is 4.90 Å². The van der Waals surface area contributed by atoms with Crippen LogP contribution in [0.3, 0.4) is 0 Å². The average Bonchev–Trinajstić information content (AvgIpc) is 3.36. The maximum absolute atomic E-state index is 12.8. The van der Waals surface area contributed by atoms with E-state index in [-0.39, 0.29) is 5.91 Å². The van der Waals surface area contributed by atoms with Gasteiger partial charge in [0.25, 0.3) is 0 Å². The molecule has 0 aromatic carbocycles. The lowest BCUT2D eigenvalue weighted by Crippen LogP contribution is -2.33. The number of carbonyl (C=O) groups excluding carboxylic acids is 1. The minimum absolute atomic E-state index is 0.129.